The highest BCUT2D eigenvalue weighted by atomic mass is 16.5. The van der Waals surface area contributed by atoms with Gasteiger partial charge in [0.05, 0.1) is 29.8 Å². The highest BCUT2D eigenvalue weighted by molar-refractivity contribution is 5.97. The normalized spacial score (nSPS) is 19.1. The number of phenols is 1. The van der Waals surface area contributed by atoms with Crippen molar-refractivity contribution in [3.63, 3.8) is 0 Å². The maximum Gasteiger partial charge on any atom is 0.204 e. The molecule has 0 aliphatic carbocycles. The molecule has 1 aliphatic rings. The summed E-state index contributed by atoms with van der Waals surface area (Å²) in [5.74, 6) is -0.0706. The lowest BCUT2D eigenvalue weighted by molar-refractivity contribution is -0.0936. The first-order chi connectivity index (χ1) is 16.0. The van der Waals surface area contributed by atoms with Gasteiger partial charge in [-0.05, 0) is 51.0 Å². The molecule has 4 rings (SSSR count). The van der Waals surface area contributed by atoms with Crippen LogP contribution in [0.5, 0.6) is 11.5 Å². The van der Waals surface area contributed by atoms with Gasteiger partial charge in [-0.25, -0.2) is 0 Å². The van der Waals surface area contributed by atoms with Gasteiger partial charge in [0.15, 0.2) is 0 Å². The summed E-state index contributed by atoms with van der Waals surface area (Å²) in [5, 5.41) is 22.1. The molecule has 1 aromatic heterocycles. The molecule has 182 valence electrons. The Morgan fingerprint density at radius 3 is 2.62 bits per heavy atom. The fourth-order valence-electron chi connectivity index (χ4n) is 4.75. The van der Waals surface area contributed by atoms with E-state index in [9.17, 15) is 15.0 Å². The molecular formula is C27H32O7. The average molecular weight is 469 g/mol. The van der Waals surface area contributed by atoms with E-state index in [-0.39, 0.29) is 40.7 Å². The zero-order valence-electron chi connectivity index (χ0n) is 20.5. The standard InChI is InChI=1S/C27H32O7/c1-13(2)16-12-33-25-14(3)10-18-21(22(25)23(16)29)24(30)20-17(28)9-8-15(26(20)34-18)11-19(31-6)27(4,5)32-7/h8-10,16,19,23,28-29H,1,11-12H2,2-7H3. The van der Waals surface area contributed by atoms with Crippen molar-refractivity contribution in [2.24, 2.45) is 5.92 Å². The first-order valence-corrected chi connectivity index (χ1v) is 11.3. The maximum atomic E-state index is 13.8. The molecule has 0 spiro atoms. The van der Waals surface area contributed by atoms with Crippen LogP contribution in [0.1, 0.15) is 43.6 Å². The fourth-order valence-corrected chi connectivity index (χ4v) is 4.75. The molecular weight excluding hydrogens is 436 g/mol. The summed E-state index contributed by atoms with van der Waals surface area (Å²) in [6.45, 7) is 11.8. The largest absolute Gasteiger partial charge is 0.507 e. The number of methoxy groups -OCH3 is 2. The van der Waals surface area contributed by atoms with Crippen LogP contribution in [0.4, 0.5) is 0 Å². The smallest absolute Gasteiger partial charge is 0.204 e. The molecule has 1 aliphatic heterocycles. The third kappa shape index (κ3) is 3.78. The summed E-state index contributed by atoms with van der Waals surface area (Å²) in [4.78, 5) is 13.8. The van der Waals surface area contributed by atoms with Crippen molar-refractivity contribution in [2.75, 3.05) is 20.8 Å². The van der Waals surface area contributed by atoms with Crippen molar-refractivity contribution in [1.29, 1.82) is 0 Å². The second kappa shape index (κ2) is 8.73. The van der Waals surface area contributed by atoms with Crippen LogP contribution in [0.3, 0.4) is 0 Å². The highest BCUT2D eigenvalue weighted by Gasteiger charge is 2.35. The van der Waals surface area contributed by atoms with Crippen LogP contribution in [0.2, 0.25) is 0 Å². The highest BCUT2D eigenvalue weighted by Crippen LogP contribution is 2.44. The van der Waals surface area contributed by atoms with Crippen LogP contribution in [0.15, 0.2) is 39.6 Å². The van der Waals surface area contributed by atoms with Gasteiger partial charge in [-0.1, -0.05) is 18.2 Å². The molecule has 0 radical (unpaired) electrons. The Labute approximate surface area is 198 Å². The first-order valence-electron chi connectivity index (χ1n) is 11.3. The van der Waals surface area contributed by atoms with Crippen molar-refractivity contribution < 1.29 is 28.8 Å². The second-order valence-corrected chi connectivity index (χ2v) is 9.63. The van der Waals surface area contributed by atoms with Gasteiger partial charge in [0, 0.05) is 32.1 Å². The Morgan fingerprint density at radius 2 is 2.00 bits per heavy atom. The number of hydrogen-bond donors (Lipinski definition) is 2. The van der Waals surface area contributed by atoms with Crippen molar-refractivity contribution in [3.05, 3.63) is 57.3 Å². The molecule has 0 saturated carbocycles. The topological polar surface area (TPSA) is 98.4 Å². The van der Waals surface area contributed by atoms with Crippen molar-refractivity contribution >= 4 is 21.9 Å². The molecule has 3 atom stereocenters. The summed E-state index contributed by atoms with van der Waals surface area (Å²) in [7, 11) is 3.22. The predicted molar refractivity (Wildman–Crippen MR) is 131 cm³/mol. The maximum absolute atomic E-state index is 13.8. The van der Waals surface area contributed by atoms with Gasteiger partial charge in [-0.3, -0.25) is 4.79 Å². The Hall–Kier alpha value is -2.87. The summed E-state index contributed by atoms with van der Waals surface area (Å²) in [5.41, 5.74) is 2.19. The van der Waals surface area contributed by atoms with Gasteiger partial charge >= 0.3 is 0 Å². The molecule has 34 heavy (non-hydrogen) atoms. The molecule has 7 heteroatoms. The number of rotatable bonds is 6. The van der Waals surface area contributed by atoms with E-state index < -0.39 is 17.1 Å². The Bertz CT molecular complexity index is 1330. The molecule has 0 bridgehead atoms. The first kappa shape index (κ1) is 24.3. The van der Waals surface area contributed by atoms with Crippen LogP contribution in [0, 0.1) is 12.8 Å². The molecule has 0 saturated heterocycles. The van der Waals surface area contributed by atoms with E-state index in [1.54, 1.807) is 26.4 Å². The molecule has 3 aromatic rings. The van der Waals surface area contributed by atoms with Crippen LogP contribution in [-0.2, 0) is 15.9 Å². The van der Waals surface area contributed by atoms with Gasteiger partial charge in [-0.15, -0.1) is 0 Å². The van der Waals surface area contributed by atoms with E-state index in [1.165, 1.54) is 6.07 Å². The predicted octanol–water partition coefficient (Wildman–Crippen LogP) is 4.56. The fraction of sp³-hybridized carbons (Fsp3) is 0.444. The van der Waals surface area contributed by atoms with E-state index in [1.807, 2.05) is 27.7 Å². The van der Waals surface area contributed by atoms with Gasteiger partial charge in [0.2, 0.25) is 5.43 Å². The van der Waals surface area contributed by atoms with Crippen molar-refractivity contribution in [1.82, 2.24) is 0 Å². The van der Waals surface area contributed by atoms with Gasteiger partial charge < -0.3 is 28.8 Å². The minimum atomic E-state index is -0.977. The molecule has 7 nitrogen and oxygen atoms in total. The van der Waals surface area contributed by atoms with Crippen LogP contribution in [0.25, 0.3) is 21.9 Å². The number of ether oxygens (including phenoxy) is 3. The number of fused-ring (bicyclic) bond motifs is 4. The quantitative estimate of drug-likeness (QED) is 0.404. The number of hydrogen-bond acceptors (Lipinski definition) is 7. The summed E-state index contributed by atoms with van der Waals surface area (Å²) in [6.07, 6.45) is -0.909. The third-order valence-corrected chi connectivity index (χ3v) is 7.06. The Balaban J connectivity index is 2.01. The molecule has 3 unspecified atom stereocenters. The van der Waals surface area contributed by atoms with Crippen LogP contribution >= 0.6 is 0 Å². The Morgan fingerprint density at radius 1 is 1.29 bits per heavy atom. The van der Waals surface area contributed by atoms with Crippen LogP contribution in [-0.4, -0.2) is 42.7 Å². The molecule has 0 fully saturated rings. The number of phenolic OH excluding ortho intramolecular Hbond substituents is 1. The van der Waals surface area contributed by atoms with E-state index >= 15 is 0 Å². The van der Waals surface area contributed by atoms with E-state index in [2.05, 4.69) is 6.58 Å². The zero-order chi connectivity index (χ0) is 24.9. The number of aromatic hydroxyl groups is 1. The minimum Gasteiger partial charge on any atom is -0.507 e. The lowest BCUT2D eigenvalue weighted by atomic mass is 9.85. The summed E-state index contributed by atoms with van der Waals surface area (Å²) in [6, 6.07) is 4.95. The summed E-state index contributed by atoms with van der Waals surface area (Å²) >= 11 is 0. The van der Waals surface area contributed by atoms with Crippen molar-refractivity contribution in [2.45, 2.75) is 51.9 Å². The number of aliphatic hydroxyl groups excluding tert-OH is 1. The summed E-state index contributed by atoms with van der Waals surface area (Å²) < 4.78 is 23.5. The minimum absolute atomic E-state index is 0.0609. The molecule has 2 aromatic carbocycles. The van der Waals surface area contributed by atoms with Crippen molar-refractivity contribution in [3.8, 4) is 11.5 Å². The average Bonchev–Trinajstić information content (AvgIpc) is 2.78. The monoisotopic (exact) mass is 468 g/mol. The Kier molecular flexibility index (Phi) is 6.23. The zero-order valence-corrected chi connectivity index (χ0v) is 20.5. The van der Waals surface area contributed by atoms with E-state index in [0.717, 1.165) is 11.1 Å². The molecule has 2 heterocycles. The van der Waals surface area contributed by atoms with Gasteiger partial charge in [0.25, 0.3) is 0 Å². The number of aryl methyl sites for hydroxylation is 1. The van der Waals surface area contributed by atoms with Crippen LogP contribution < -0.4 is 10.2 Å². The third-order valence-electron chi connectivity index (χ3n) is 7.06. The SMILES string of the molecule is C=C(C)C1COc2c(C)cc3oc4c(CC(OC)C(C)(C)OC)ccc(O)c4c(=O)c3c2C1O. The molecule has 0 amide bonds. The lowest BCUT2D eigenvalue weighted by Gasteiger charge is -2.32. The van der Waals surface area contributed by atoms with Gasteiger partial charge in [-0.2, -0.15) is 0 Å². The second-order valence-electron chi connectivity index (χ2n) is 9.63. The lowest BCUT2D eigenvalue weighted by Crippen LogP contribution is -2.41. The number of benzene rings is 2. The number of aliphatic hydroxyl groups is 1. The van der Waals surface area contributed by atoms with E-state index in [4.69, 9.17) is 18.6 Å². The molecule has 2 N–H and O–H groups in total. The van der Waals surface area contributed by atoms with E-state index in [0.29, 0.717) is 28.9 Å². The van der Waals surface area contributed by atoms with Gasteiger partial charge in [0.1, 0.15) is 28.1 Å².